The fraction of sp³-hybridized carbons (Fsp3) is 0.600. The van der Waals surface area contributed by atoms with Crippen LogP contribution in [0.2, 0.25) is 0 Å². The van der Waals surface area contributed by atoms with E-state index in [1.807, 2.05) is 26.0 Å². The van der Waals surface area contributed by atoms with Gasteiger partial charge in [0.05, 0.1) is 4.92 Å². The number of piperazine rings is 1. The third kappa shape index (κ3) is 3.55. The van der Waals surface area contributed by atoms with Crippen molar-refractivity contribution in [3.63, 3.8) is 0 Å². The maximum absolute atomic E-state index is 11.2. The van der Waals surface area contributed by atoms with Crippen LogP contribution in [-0.2, 0) is 6.54 Å². The van der Waals surface area contributed by atoms with Crippen LogP contribution < -0.4 is 5.32 Å². The summed E-state index contributed by atoms with van der Waals surface area (Å²) in [4.78, 5) is 13.3. The molecular formula is C15H23N3O2. The summed E-state index contributed by atoms with van der Waals surface area (Å²) in [5.74, 6) is 0.170. The number of nitrogens with one attached hydrogen (secondary N) is 1. The summed E-state index contributed by atoms with van der Waals surface area (Å²) in [5.41, 5.74) is 2.09. The molecule has 5 heteroatoms. The van der Waals surface area contributed by atoms with Crippen molar-refractivity contribution in [1.29, 1.82) is 0 Å². The summed E-state index contributed by atoms with van der Waals surface area (Å²) in [5, 5.41) is 14.6. The predicted octanol–water partition coefficient (Wildman–Crippen LogP) is 2.51. The van der Waals surface area contributed by atoms with Crippen molar-refractivity contribution in [1.82, 2.24) is 10.2 Å². The van der Waals surface area contributed by atoms with E-state index in [1.54, 1.807) is 6.07 Å². The highest BCUT2D eigenvalue weighted by atomic mass is 16.6. The van der Waals surface area contributed by atoms with E-state index in [-0.39, 0.29) is 16.5 Å². The van der Waals surface area contributed by atoms with E-state index in [0.29, 0.717) is 6.04 Å². The molecule has 0 saturated carbocycles. The van der Waals surface area contributed by atoms with E-state index in [4.69, 9.17) is 0 Å². The molecule has 1 atom stereocenters. The zero-order valence-corrected chi connectivity index (χ0v) is 12.4. The lowest BCUT2D eigenvalue weighted by Gasteiger charge is -2.31. The minimum Gasteiger partial charge on any atom is -0.312 e. The molecule has 0 unspecified atom stereocenters. The first-order valence-electron chi connectivity index (χ1n) is 7.20. The van der Waals surface area contributed by atoms with Crippen molar-refractivity contribution in [3.8, 4) is 0 Å². The van der Waals surface area contributed by atoms with Crippen molar-refractivity contribution >= 4 is 5.69 Å². The summed E-state index contributed by atoms with van der Waals surface area (Å²) < 4.78 is 0. The van der Waals surface area contributed by atoms with Gasteiger partial charge in [-0.3, -0.25) is 15.0 Å². The van der Waals surface area contributed by atoms with E-state index in [1.165, 1.54) is 0 Å². The second-order valence-corrected chi connectivity index (χ2v) is 5.90. The van der Waals surface area contributed by atoms with Crippen LogP contribution >= 0.6 is 0 Å². The van der Waals surface area contributed by atoms with Crippen LogP contribution in [0.3, 0.4) is 0 Å². The predicted molar refractivity (Wildman–Crippen MR) is 79.9 cm³/mol. The van der Waals surface area contributed by atoms with Gasteiger partial charge >= 0.3 is 0 Å². The van der Waals surface area contributed by atoms with Crippen LogP contribution in [0.5, 0.6) is 0 Å². The van der Waals surface area contributed by atoms with Gasteiger partial charge in [-0.2, -0.15) is 0 Å². The Bertz CT molecular complexity index is 488. The first-order chi connectivity index (χ1) is 9.47. The maximum atomic E-state index is 11.2. The Kier molecular flexibility index (Phi) is 4.73. The van der Waals surface area contributed by atoms with Gasteiger partial charge < -0.3 is 5.32 Å². The minimum atomic E-state index is -0.265. The van der Waals surface area contributed by atoms with Crippen LogP contribution in [0, 0.1) is 10.1 Å². The van der Waals surface area contributed by atoms with Crippen LogP contribution in [0.1, 0.15) is 37.8 Å². The average Bonchev–Trinajstić information content (AvgIpc) is 2.38. The molecule has 2 rings (SSSR count). The maximum Gasteiger partial charge on any atom is 0.273 e. The molecule has 0 radical (unpaired) electrons. The molecule has 0 aromatic heterocycles. The Morgan fingerprint density at radius 1 is 1.50 bits per heavy atom. The molecule has 0 amide bonds. The summed E-state index contributed by atoms with van der Waals surface area (Å²) in [7, 11) is 0. The highest BCUT2D eigenvalue weighted by molar-refractivity contribution is 5.45. The summed E-state index contributed by atoms with van der Waals surface area (Å²) >= 11 is 0. The SMILES string of the molecule is CC(C)c1ccc(CN2CCN[C@@H](C)C2)cc1[N+](=O)[O-]. The third-order valence-corrected chi connectivity index (χ3v) is 3.77. The average molecular weight is 277 g/mol. The Morgan fingerprint density at radius 3 is 2.85 bits per heavy atom. The molecule has 5 nitrogen and oxygen atoms in total. The fourth-order valence-corrected chi connectivity index (χ4v) is 2.75. The second kappa shape index (κ2) is 6.33. The van der Waals surface area contributed by atoms with Gasteiger partial charge in [0, 0.05) is 43.9 Å². The highest BCUT2D eigenvalue weighted by Crippen LogP contribution is 2.27. The summed E-state index contributed by atoms with van der Waals surface area (Å²) in [6.45, 7) is 9.87. The van der Waals surface area contributed by atoms with E-state index in [2.05, 4.69) is 17.1 Å². The van der Waals surface area contributed by atoms with Gasteiger partial charge in [0.25, 0.3) is 5.69 Å². The van der Waals surface area contributed by atoms with Crippen molar-refractivity contribution in [2.24, 2.45) is 0 Å². The molecule has 110 valence electrons. The Labute approximate surface area is 120 Å². The van der Waals surface area contributed by atoms with Crippen LogP contribution in [0.15, 0.2) is 18.2 Å². The molecule has 0 bridgehead atoms. The van der Waals surface area contributed by atoms with Gasteiger partial charge in [0.1, 0.15) is 0 Å². The first kappa shape index (κ1) is 14.9. The van der Waals surface area contributed by atoms with Crippen molar-refractivity contribution in [3.05, 3.63) is 39.4 Å². The smallest absolute Gasteiger partial charge is 0.273 e. The first-order valence-corrected chi connectivity index (χ1v) is 7.20. The Morgan fingerprint density at radius 2 is 2.25 bits per heavy atom. The lowest BCUT2D eigenvalue weighted by Crippen LogP contribution is -2.48. The number of nitro groups is 1. The monoisotopic (exact) mass is 277 g/mol. The van der Waals surface area contributed by atoms with Crippen molar-refractivity contribution < 1.29 is 4.92 Å². The lowest BCUT2D eigenvalue weighted by atomic mass is 9.99. The zero-order chi connectivity index (χ0) is 14.7. The van der Waals surface area contributed by atoms with E-state index in [9.17, 15) is 10.1 Å². The molecule has 1 aliphatic rings. The van der Waals surface area contributed by atoms with Gasteiger partial charge in [-0.1, -0.05) is 26.0 Å². The van der Waals surface area contributed by atoms with Crippen molar-refractivity contribution in [2.75, 3.05) is 19.6 Å². The van der Waals surface area contributed by atoms with E-state index in [0.717, 1.165) is 37.3 Å². The van der Waals surface area contributed by atoms with Gasteiger partial charge in [0.15, 0.2) is 0 Å². The zero-order valence-electron chi connectivity index (χ0n) is 12.4. The molecular weight excluding hydrogens is 254 g/mol. The third-order valence-electron chi connectivity index (χ3n) is 3.77. The van der Waals surface area contributed by atoms with Gasteiger partial charge in [0.2, 0.25) is 0 Å². The number of nitrogens with zero attached hydrogens (tertiary/aromatic N) is 2. The van der Waals surface area contributed by atoms with Crippen LogP contribution in [-0.4, -0.2) is 35.5 Å². The quantitative estimate of drug-likeness (QED) is 0.678. The number of hydrogen-bond acceptors (Lipinski definition) is 4. The van der Waals surface area contributed by atoms with Gasteiger partial charge in [-0.05, 0) is 18.4 Å². The normalized spacial score (nSPS) is 20.3. The van der Waals surface area contributed by atoms with Crippen LogP contribution in [0.25, 0.3) is 0 Å². The molecule has 20 heavy (non-hydrogen) atoms. The second-order valence-electron chi connectivity index (χ2n) is 5.90. The number of hydrogen-bond donors (Lipinski definition) is 1. The molecule has 1 N–H and O–H groups in total. The largest absolute Gasteiger partial charge is 0.312 e. The Balaban J connectivity index is 2.16. The molecule has 0 spiro atoms. The molecule has 1 aromatic carbocycles. The molecule has 1 aliphatic heterocycles. The number of rotatable bonds is 4. The molecule has 1 saturated heterocycles. The van der Waals surface area contributed by atoms with Gasteiger partial charge in [-0.15, -0.1) is 0 Å². The Hall–Kier alpha value is -1.46. The standard InChI is InChI=1S/C15H23N3O2/c1-11(2)14-5-4-13(8-15(14)18(19)20)10-17-7-6-16-12(3)9-17/h4-5,8,11-12,16H,6-7,9-10H2,1-3H3/t12-/m0/s1. The number of nitro benzene ring substituents is 1. The molecule has 0 aliphatic carbocycles. The van der Waals surface area contributed by atoms with E-state index < -0.39 is 0 Å². The fourth-order valence-electron chi connectivity index (χ4n) is 2.75. The topological polar surface area (TPSA) is 58.4 Å². The lowest BCUT2D eigenvalue weighted by molar-refractivity contribution is -0.385. The van der Waals surface area contributed by atoms with E-state index >= 15 is 0 Å². The summed E-state index contributed by atoms with van der Waals surface area (Å²) in [6, 6.07) is 6.15. The molecule has 1 aromatic rings. The van der Waals surface area contributed by atoms with Crippen molar-refractivity contribution in [2.45, 2.75) is 39.3 Å². The number of benzene rings is 1. The molecule has 1 fully saturated rings. The van der Waals surface area contributed by atoms with Gasteiger partial charge in [-0.25, -0.2) is 0 Å². The highest BCUT2D eigenvalue weighted by Gasteiger charge is 2.19. The van der Waals surface area contributed by atoms with Crippen LogP contribution in [0.4, 0.5) is 5.69 Å². The minimum absolute atomic E-state index is 0.170. The molecule has 1 heterocycles. The summed E-state index contributed by atoms with van der Waals surface area (Å²) in [6.07, 6.45) is 0.